The number of phenols is 1. The van der Waals surface area contributed by atoms with Gasteiger partial charge in [-0.3, -0.25) is 4.79 Å². The second-order valence-corrected chi connectivity index (χ2v) is 6.58. The van der Waals surface area contributed by atoms with E-state index in [9.17, 15) is 9.90 Å². The highest BCUT2D eigenvalue weighted by atomic mass is 35.5. The fraction of sp³-hybridized carbons (Fsp3) is 0.211. The summed E-state index contributed by atoms with van der Waals surface area (Å²) in [4.78, 5) is 13.9. The number of ether oxygens (including phenoxy) is 1. The lowest BCUT2D eigenvalue weighted by Gasteiger charge is -2.13. The van der Waals surface area contributed by atoms with E-state index in [-0.39, 0.29) is 23.7 Å². The molecule has 2 aromatic carbocycles. The Morgan fingerprint density at radius 1 is 1.20 bits per heavy atom. The lowest BCUT2D eigenvalue weighted by atomic mass is 10.0. The molecular formula is C19H19Cl2NO3. The number of aromatic hydroxyl groups is 1. The van der Waals surface area contributed by atoms with E-state index in [1.54, 1.807) is 42.3 Å². The SMILES string of the molecule is Cc1c(OCc2ccc(Cl)c(Cl)c2)ccc(C(=O)C=CN(C)C)c1O. The van der Waals surface area contributed by atoms with Crippen molar-refractivity contribution in [3.63, 3.8) is 0 Å². The maximum atomic E-state index is 12.1. The van der Waals surface area contributed by atoms with E-state index in [0.29, 0.717) is 21.4 Å². The van der Waals surface area contributed by atoms with Crippen LogP contribution in [-0.2, 0) is 6.61 Å². The molecule has 0 bridgehead atoms. The molecule has 0 spiro atoms. The minimum absolute atomic E-state index is 0.0833. The lowest BCUT2D eigenvalue weighted by molar-refractivity contribution is 0.104. The highest BCUT2D eigenvalue weighted by Gasteiger charge is 2.14. The van der Waals surface area contributed by atoms with Crippen molar-refractivity contribution in [3.8, 4) is 11.5 Å². The van der Waals surface area contributed by atoms with Crippen molar-refractivity contribution in [2.24, 2.45) is 0 Å². The van der Waals surface area contributed by atoms with E-state index in [0.717, 1.165) is 5.56 Å². The van der Waals surface area contributed by atoms with E-state index in [1.165, 1.54) is 6.08 Å². The third-order valence-corrected chi connectivity index (χ3v) is 4.29. The molecule has 0 aliphatic rings. The first-order valence-corrected chi connectivity index (χ1v) is 8.33. The second kappa shape index (κ2) is 8.28. The van der Waals surface area contributed by atoms with Crippen molar-refractivity contribution in [3.05, 3.63) is 69.3 Å². The number of benzene rings is 2. The molecule has 2 rings (SSSR count). The van der Waals surface area contributed by atoms with Crippen molar-refractivity contribution < 1.29 is 14.6 Å². The molecule has 6 heteroatoms. The molecule has 2 aromatic rings. The van der Waals surface area contributed by atoms with Gasteiger partial charge in [0.1, 0.15) is 18.1 Å². The van der Waals surface area contributed by atoms with E-state index in [2.05, 4.69) is 0 Å². The molecule has 0 radical (unpaired) electrons. The van der Waals surface area contributed by atoms with Gasteiger partial charge in [0.15, 0.2) is 5.78 Å². The number of ketones is 1. The third kappa shape index (κ3) is 4.91. The fourth-order valence-corrected chi connectivity index (χ4v) is 2.45. The highest BCUT2D eigenvalue weighted by Crippen LogP contribution is 2.32. The molecule has 0 amide bonds. The number of nitrogens with zero attached hydrogens (tertiary/aromatic N) is 1. The number of halogens is 2. The fourth-order valence-electron chi connectivity index (χ4n) is 2.13. The summed E-state index contributed by atoms with van der Waals surface area (Å²) in [5, 5.41) is 11.2. The summed E-state index contributed by atoms with van der Waals surface area (Å²) in [6.07, 6.45) is 3.04. The van der Waals surface area contributed by atoms with Crippen molar-refractivity contribution in [1.29, 1.82) is 0 Å². The Balaban J connectivity index is 2.16. The Morgan fingerprint density at radius 3 is 2.56 bits per heavy atom. The van der Waals surface area contributed by atoms with E-state index in [4.69, 9.17) is 27.9 Å². The summed E-state index contributed by atoms with van der Waals surface area (Å²) in [5.41, 5.74) is 1.59. The average molecular weight is 380 g/mol. The van der Waals surface area contributed by atoms with Gasteiger partial charge >= 0.3 is 0 Å². The van der Waals surface area contributed by atoms with Crippen molar-refractivity contribution in [1.82, 2.24) is 4.90 Å². The Labute approximate surface area is 157 Å². The molecule has 132 valence electrons. The quantitative estimate of drug-likeness (QED) is 0.575. The van der Waals surface area contributed by atoms with E-state index < -0.39 is 0 Å². The number of phenolic OH excluding ortho intramolecular Hbond substituents is 1. The molecule has 0 aliphatic heterocycles. The molecule has 25 heavy (non-hydrogen) atoms. The first-order valence-electron chi connectivity index (χ1n) is 7.58. The Bertz CT molecular complexity index is 817. The molecule has 0 saturated heterocycles. The molecule has 1 N–H and O–H groups in total. The van der Waals surface area contributed by atoms with Gasteiger partial charge in [0.25, 0.3) is 0 Å². The number of allylic oxidation sites excluding steroid dienone is 1. The van der Waals surface area contributed by atoms with Crippen molar-refractivity contribution in [2.75, 3.05) is 14.1 Å². The summed E-state index contributed by atoms with van der Waals surface area (Å²) in [6, 6.07) is 8.46. The van der Waals surface area contributed by atoms with E-state index >= 15 is 0 Å². The predicted molar refractivity (Wildman–Crippen MR) is 101 cm³/mol. The maximum Gasteiger partial charge on any atom is 0.191 e. The van der Waals surface area contributed by atoms with Gasteiger partial charge < -0.3 is 14.7 Å². The van der Waals surface area contributed by atoms with Gasteiger partial charge in [-0.25, -0.2) is 0 Å². The van der Waals surface area contributed by atoms with Crippen LogP contribution in [0.25, 0.3) is 0 Å². The van der Waals surface area contributed by atoms with Gasteiger partial charge in [-0.2, -0.15) is 0 Å². The highest BCUT2D eigenvalue weighted by molar-refractivity contribution is 6.42. The van der Waals surface area contributed by atoms with Crippen LogP contribution in [0, 0.1) is 6.92 Å². The number of carbonyl (C=O) groups is 1. The molecule has 0 unspecified atom stereocenters. The molecular weight excluding hydrogens is 361 g/mol. The number of hydrogen-bond donors (Lipinski definition) is 1. The monoisotopic (exact) mass is 379 g/mol. The normalized spacial score (nSPS) is 10.9. The number of carbonyl (C=O) groups excluding carboxylic acids is 1. The van der Waals surface area contributed by atoms with Gasteiger partial charge in [-0.15, -0.1) is 0 Å². The minimum Gasteiger partial charge on any atom is -0.507 e. The minimum atomic E-state index is -0.273. The predicted octanol–water partition coefficient (Wildman–Crippen LogP) is 4.84. The van der Waals surface area contributed by atoms with Crippen LogP contribution in [0.15, 0.2) is 42.6 Å². The average Bonchev–Trinajstić information content (AvgIpc) is 2.57. The van der Waals surface area contributed by atoms with Crippen molar-refractivity contribution >= 4 is 29.0 Å². The third-order valence-electron chi connectivity index (χ3n) is 3.55. The Kier molecular flexibility index (Phi) is 6.34. The largest absolute Gasteiger partial charge is 0.507 e. The van der Waals surface area contributed by atoms with Crippen LogP contribution < -0.4 is 4.74 Å². The van der Waals surface area contributed by atoms with Crippen LogP contribution in [0.1, 0.15) is 21.5 Å². The van der Waals surface area contributed by atoms with E-state index in [1.807, 2.05) is 20.2 Å². The molecule has 0 fully saturated rings. The zero-order valence-electron chi connectivity index (χ0n) is 14.2. The molecule has 4 nitrogen and oxygen atoms in total. The summed E-state index contributed by atoms with van der Waals surface area (Å²) < 4.78 is 5.73. The van der Waals surface area contributed by atoms with Crippen LogP contribution >= 0.6 is 23.2 Å². The van der Waals surface area contributed by atoms with Crippen molar-refractivity contribution in [2.45, 2.75) is 13.5 Å². The van der Waals surface area contributed by atoms with Crippen LogP contribution in [0.5, 0.6) is 11.5 Å². The first-order chi connectivity index (χ1) is 11.8. The summed E-state index contributed by atoms with van der Waals surface area (Å²) >= 11 is 11.9. The summed E-state index contributed by atoms with van der Waals surface area (Å²) in [5.74, 6) is 0.141. The van der Waals surface area contributed by atoms with Crippen LogP contribution in [0.3, 0.4) is 0 Å². The van der Waals surface area contributed by atoms with Gasteiger partial charge in [0.2, 0.25) is 0 Å². The summed E-state index contributed by atoms with van der Waals surface area (Å²) in [6.45, 7) is 1.97. The number of hydrogen-bond acceptors (Lipinski definition) is 4. The molecule has 0 saturated carbocycles. The molecule has 0 aliphatic carbocycles. The topological polar surface area (TPSA) is 49.8 Å². The van der Waals surface area contributed by atoms with Crippen LogP contribution in [0.2, 0.25) is 10.0 Å². The maximum absolute atomic E-state index is 12.1. The molecule has 0 heterocycles. The van der Waals surface area contributed by atoms with Gasteiger partial charge in [0, 0.05) is 31.9 Å². The van der Waals surface area contributed by atoms with Crippen LogP contribution in [0.4, 0.5) is 0 Å². The van der Waals surface area contributed by atoms with Gasteiger partial charge in [0.05, 0.1) is 15.6 Å². The van der Waals surface area contributed by atoms with Gasteiger partial charge in [-0.1, -0.05) is 29.3 Å². The van der Waals surface area contributed by atoms with Crippen LogP contribution in [-0.4, -0.2) is 29.9 Å². The molecule has 0 aromatic heterocycles. The summed E-state index contributed by atoms with van der Waals surface area (Å²) in [7, 11) is 3.63. The smallest absolute Gasteiger partial charge is 0.191 e. The standard InChI is InChI=1S/C19H19Cl2NO3/c1-12-18(25-11-13-4-6-15(20)16(21)10-13)7-5-14(19(12)24)17(23)8-9-22(2)3/h4-10,24H,11H2,1-3H3. The zero-order valence-corrected chi connectivity index (χ0v) is 15.7. The Morgan fingerprint density at radius 2 is 1.92 bits per heavy atom. The lowest BCUT2D eigenvalue weighted by Crippen LogP contribution is -2.04. The van der Waals surface area contributed by atoms with Gasteiger partial charge in [-0.05, 0) is 36.8 Å². The molecule has 0 atom stereocenters. The first kappa shape index (κ1) is 19.2. The number of rotatable bonds is 6. The zero-order chi connectivity index (χ0) is 18.6. The second-order valence-electron chi connectivity index (χ2n) is 5.77. The Hall–Kier alpha value is -2.17.